The van der Waals surface area contributed by atoms with Crippen LogP contribution in [0.2, 0.25) is 0 Å². The summed E-state index contributed by atoms with van der Waals surface area (Å²) in [4.78, 5) is 51.1. The Balaban J connectivity index is -0.00000000827. The normalized spacial score (nSPS) is 4.00. The van der Waals surface area contributed by atoms with Crippen LogP contribution in [0.15, 0.2) is 0 Å². The predicted molar refractivity (Wildman–Crippen MR) is 59.4 cm³/mol. The molecule has 0 aliphatic rings. The van der Waals surface area contributed by atoms with E-state index in [1.165, 1.54) is 0 Å². The second kappa shape index (κ2) is 50.0. The molecule has 6 radical (unpaired) electrons. The van der Waals surface area contributed by atoms with E-state index < -0.39 is 27.5 Å². The molecular formula is H4Al2B2Ba2O9Si3. The summed E-state index contributed by atoms with van der Waals surface area (Å²) in [6, 6.07) is 0. The molecule has 0 spiro atoms. The molecule has 0 saturated carbocycles. The Morgan fingerprint density at radius 2 is 0.500 bits per heavy atom. The molecule has 0 heterocycles. The van der Waals surface area contributed by atoms with Crippen LogP contribution in [-0.4, -0.2) is 177 Å². The minimum atomic E-state index is -3.63. The van der Waals surface area contributed by atoms with Crippen LogP contribution in [0.4, 0.5) is 0 Å². The van der Waals surface area contributed by atoms with Gasteiger partial charge >= 0.3 is 132 Å². The van der Waals surface area contributed by atoms with E-state index in [1.54, 1.807) is 0 Å². The van der Waals surface area contributed by atoms with Gasteiger partial charge < -0.3 is 42.2 Å². The third kappa shape index (κ3) is 624. The molecule has 18 heteroatoms. The van der Waals surface area contributed by atoms with Crippen molar-refractivity contribution < 1.29 is 42.2 Å². The molecule has 0 aliphatic heterocycles. The summed E-state index contributed by atoms with van der Waals surface area (Å²) < 4.78 is 25.6. The van der Waals surface area contributed by atoms with E-state index in [9.17, 15) is 0 Å². The van der Waals surface area contributed by atoms with E-state index in [1.807, 2.05) is 0 Å². The third-order valence-electron chi connectivity index (χ3n) is 0. The first-order valence-electron chi connectivity index (χ1n) is 1.84. The van der Waals surface area contributed by atoms with Gasteiger partial charge in [0.1, 0.15) is 0 Å². The molecule has 0 unspecified atom stereocenters. The van der Waals surface area contributed by atoms with E-state index in [0.717, 1.165) is 0 Å². The fourth-order valence-electron chi connectivity index (χ4n) is 0. The molecule has 0 bridgehead atoms. The van der Waals surface area contributed by atoms with Crippen molar-refractivity contribution >= 4 is 177 Å². The van der Waals surface area contributed by atoms with Crippen molar-refractivity contribution in [1.82, 2.24) is 0 Å². The van der Waals surface area contributed by atoms with Crippen LogP contribution in [0.5, 0.6) is 0 Å². The van der Waals surface area contributed by atoms with E-state index >= 15 is 0 Å². The van der Waals surface area contributed by atoms with Gasteiger partial charge in [-0.3, -0.25) is 0 Å². The molecule has 18 heavy (non-hydrogen) atoms. The molecule has 0 aromatic heterocycles. The molecular weight excluding hydrogens is 578 g/mol. The van der Waals surface area contributed by atoms with Gasteiger partial charge in [-0.2, -0.15) is 0 Å². The Kier molecular flexibility index (Phi) is 162. The summed E-state index contributed by atoms with van der Waals surface area (Å²) in [7, 11) is -10.9. The second-order valence-electron chi connectivity index (χ2n) is 0.750. The summed E-state index contributed by atoms with van der Waals surface area (Å²) in [5.74, 6) is 0. The Labute approximate surface area is 214 Å². The Bertz CT molecular complexity index is 133. The fourth-order valence-corrected chi connectivity index (χ4v) is 0. The second-order valence-corrected chi connectivity index (χ2v) is 2.25. The van der Waals surface area contributed by atoms with Crippen LogP contribution in [0.25, 0.3) is 0 Å². The van der Waals surface area contributed by atoms with Crippen LogP contribution in [0, 0.1) is 0 Å². The molecule has 86 valence electrons. The van der Waals surface area contributed by atoms with Crippen LogP contribution in [0.3, 0.4) is 0 Å². The van der Waals surface area contributed by atoms with Gasteiger partial charge in [-0.1, -0.05) is 0 Å². The van der Waals surface area contributed by atoms with E-state index in [-0.39, 0.29) is 149 Å². The number of rotatable bonds is 0. The molecule has 0 N–H and O–H groups in total. The monoisotopic (exact) mass is 584 g/mol. The van der Waals surface area contributed by atoms with Gasteiger partial charge in [0, 0.05) is 44.3 Å². The van der Waals surface area contributed by atoms with Gasteiger partial charge in [-0.25, -0.2) is 0 Å². The van der Waals surface area contributed by atoms with Gasteiger partial charge in [0.2, 0.25) is 0 Å². The van der Waals surface area contributed by atoms with Gasteiger partial charge in [0.05, 0.1) is 0 Å². The summed E-state index contributed by atoms with van der Waals surface area (Å²) in [6.07, 6.45) is 0. The van der Waals surface area contributed by atoms with Crippen LogP contribution < -0.4 is 28.8 Å². The standard InChI is InChI=1S/2Al.2B.2Ba.3O3Si.4H/c;;;;;;3*1-4(2)3;;;;/q2*+3;;;;;3*-2;;;;. The summed E-state index contributed by atoms with van der Waals surface area (Å²) >= 11 is 0. The Morgan fingerprint density at radius 3 is 0.500 bits per heavy atom. The number of hydrogen-bond acceptors (Lipinski definition) is 9. The molecule has 0 aromatic rings. The average molecular weight is 583 g/mol. The van der Waals surface area contributed by atoms with E-state index in [4.69, 9.17) is 42.2 Å². The fraction of sp³-hybridized carbons (Fsp3) is 0. The van der Waals surface area contributed by atoms with Crippen molar-refractivity contribution in [2.24, 2.45) is 0 Å². The molecule has 0 atom stereocenters. The predicted octanol–water partition coefficient (Wildman–Crippen LogP) is -12.0. The first-order valence-corrected chi connectivity index (χ1v) is 5.51. The third-order valence-corrected chi connectivity index (χ3v) is 0. The topological polar surface area (TPSA) is 190 Å². The maximum absolute atomic E-state index is 8.52. The molecule has 0 aliphatic carbocycles. The van der Waals surface area contributed by atoms with Gasteiger partial charge in [0.25, 0.3) is 0 Å². The molecule has 0 aromatic carbocycles. The maximum atomic E-state index is 8.52. The molecule has 0 rings (SSSR count). The molecule has 0 saturated heterocycles. The Morgan fingerprint density at radius 1 is 0.500 bits per heavy atom. The Hall–Kier alpha value is 3.19. The van der Waals surface area contributed by atoms with Crippen molar-refractivity contribution in [3.8, 4) is 0 Å². The van der Waals surface area contributed by atoms with E-state index in [0.29, 0.717) is 0 Å². The van der Waals surface area contributed by atoms with Crippen molar-refractivity contribution in [2.75, 3.05) is 0 Å². The van der Waals surface area contributed by atoms with Gasteiger partial charge in [0.15, 0.2) is 0 Å². The van der Waals surface area contributed by atoms with Crippen molar-refractivity contribution in [3.05, 3.63) is 0 Å². The SMILES string of the molecule is O=[Si]([O-])[O-].O=[Si]([O-])[O-].O=[Si]([O-])[O-].[Al+3].[Al+3].[B].[B].[BaH2].[BaH2]. The molecule has 0 amide bonds. The first kappa shape index (κ1) is 58.1. The number of hydrogen-bond donors (Lipinski definition) is 0. The first-order chi connectivity index (χ1) is 5.20. The van der Waals surface area contributed by atoms with Gasteiger partial charge in [-0.05, 0) is 0 Å². The van der Waals surface area contributed by atoms with Crippen molar-refractivity contribution in [3.63, 3.8) is 0 Å². The van der Waals surface area contributed by atoms with Crippen LogP contribution in [0.1, 0.15) is 0 Å². The van der Waals surface area contributed by atoms with Gasteiger partial charge in [-0.15, -0.1) is 0 Å². The summed E-state index contributed by atoms with van der Waals surface area (Å²) in [6.45, 7) is 0. The van der Waals surface area contributed by atoms with Crippen LogP contribution in [-0.2, 0) is 13.4 Å². The zero-order chi connectivity index (χ0) is 10.7. The van der Waals surface area contributed by atoms with Crippen molar-refractivity contribution in [1.29, 1.82) is 0 Å². The average Bonchev–Trinajstić information content (AvgIpc) is 1.54. The zero-order valence-electron chi connectivity index (χ0n) is 7.48. The molecule has 9 nitrogen and oxygen atoms in total. The summed E-state index contributed by atoms with van der Waals surface area (Å²) in [5, 5.41) is 0. The zero-order valence-corrected chi connectivity index (χ0v) is 12.8. The van der Waals surface area contributed by atoms with E-state index in [2.05, 4.69) is 0 Å². The summed E-state index contributed by atoms with van der Waals surface area (Å²) in [5.41, 5.74) is 0. The quantitative estimate of drug-likeness (QED) is 0.250. The van der Waals surface area contributed by atoms with Crippen molar-refractivity contribution in [2.45, 2.75) is 0 Å². The van der Waals surface area contributed by atoms with Crippen LogP contribution >= 0.6 is 0 Å². The molecule has 0 fully saturated rings. The minimum absolute atomic E-state index is 0.